The first kappa shape index (κ1) is 21.6. The average molecular weight is 419 g/mol. The van der Waals surface area contributed by atoms with Gasteiger partial charge in [-0.05, 0) is 49.7 Å². The number of hydrogen-bond donors (Lipinski definition) is 3. The molecule has 3 N–H and O–H groups in total. The highest BCUT2D eigenvalue weighted by Crippen LogP contribution is 2.22. The molecule has 3 aromatic rings. The molecule has 0 fully saturated rings. The Morgan fingerprint density at radius 1 is 1.19 bits per heavy atom. The van der Waals surface area contributed by atoms with E-state index in [1.165, 1.54) is 4.90 Å². The number of ether oxygens (including phenoxy) is 1. The van der Waals surface area contributed by atoms with Crippen molar-refractivity contribution in [1.29, 1.82) is 5.26 Å². The number of H-pyrrole nitrogens is 1. The lowest BCUT2D eigenvalue weighted by molar-refractivity contribution is 0.0827. The van der Waals surface area contributed by atoms with Crippen LogP contribution in [0.4, 0.5) is 17.5 Å². The number of hydrogen-bond acceptors (Lipinski definition) is 7. The molecule has 2 heterocycles. The van der Waals surface area contributed by atoms with Gasteiger partial charge in [-0.1, -0.05) is 0 Å². The first-order chi connectivity index (χ1) is 14.9. The summed E-state index contributed by atoms with van der Waals surface area (Å²) in [5, 5.41) is 22.8. The van der Waals surface area contributed by atoms with E-state index in [1.807, 2.05) is 19.9 Å². The molecule has 3 rings (SSSR count). The van der Waals surface area contributed by atoms with Crippen molar-refractivity contribution < 1.29 is 9.53 Å². The minimum absolute atomic E-state index is 0.0582. The Kier molecular flexibility index (Phi) is 6.72. The quantitative estimate of drug-likeness (QED) is 0.480. The van der Waals surface area contributed by atoms with Crippen LogP contribution in [0.5, 0.6) is 5.75 Å². The molecule has 0 unspecified atom stereocenters. The van der Waals surface area contributed by atoms with E-state index in [2.05, 4.69) is 31.9 Å². The van der Waals surface area contributed by atoms with Crippen LogP contribution in [0.2, 0.25) is 0 Å². The van der Waals surface area contributed by atoms with Crippen LogP contribution < -0.4 is 15.4 Å². The molecule has 9 nitrogen and oxygen atoms in total. The summed E-state index contributed by atoms with van der Waals surface area (Å²) in [6.07, 6.45) is 0. The van der Waals surface area contributed by atoms with E-state index >= 15 is 0 Å². The monoisotopic (exact) mass is 419 g/mol. The van der Waals surface area contributed by atoms with Gasteiger partial charge in [0.05, 0.1) is 12.1 Å². The molecule has 0 bridgehead atoms. The molecular formula is C22H25N7O2. The van der Waals surface area contributed by atoms with Gasteiger partial charge >= 0.3 is 0 Å². The van der Waals surface area contributed by atoms with Gasteiger partial charge < -0.3 is 20.3 Å². The molecule has 0 radical (unpaired) electrons. The topological polar surface area (TPSA) is 119 Å². The van der Waals surface area contributed by atoms with E-state index in [9.17, 15) is 10.1 Å². The second kappa shape index (κ2) is 9.63. The Labute approximate surface area is 181 Å². The first-order valence-corrected chi connectivity index (χ1v) is 9.76. The number of nitriles is 1. The van der Waals surface area contributed by atoms with E-state index in [4.69, 9.17) is 4.74 Å². The SMILES string of the molecule is Cc1cc(Nc2cc(C)c(C#N)c(NCCOc3ccc(C(=O)N(C)C)cc3)n2)n[nH]1. The van der Waals surface area contributed by atoms with Gasteiger partial charge in [-0.25, -0.2) is 4.98 Å². The summed E-state index contributed by atoms with van der Waals surface area (Å²) in [5.41, 5.74) is 2.82. The van der Waals surface area contributed by atoms with E-state index in [-0.39, 0.29) is 5.91 Å². The van der Waals surface area contributed by atoms with Crippen molar-refractivity contribution in [2.45, 2.75) is 13.8 Å². The Balaban J connectivity index is 1.60. The lowest BCUT2D eigenvalue weighted by Crippen LogP contribution is -2.21. The van der Waals surface area contributed by atoms with Crippen molar-refractivity contribution in [3.05, 3.63) is 58.8 Å². The normalized spacial score (nSPS) is 10.3. The second-order valence-electron chi connectivity index (χ2n) is 7.22. The van der Waals surface area contributed by atoms with E-state index in [1.54, 1.807) is 44.4 Å². The van der Waals surface area contributed by atoms with Gasteiger partial charge in [0.15, 0.2) is 5.82 Å². The number of nitrogens with zero attached hydrogens (tertiary/aromatic N) is 4. The highest BCUT2D eigenvalue weighted by atomic mass is 16.5. The Morgan fingerprint density at radius 2 is 1.94 bits per heavy atom. The molecule has 0 spiro atoms. The largest absolute Gasteiger partial charge is 0.492 e. The second-order valence-corrected chi connectivity index (χ2v) is 7.22. The number of aromatic amines is 1. The standard InChI is InChI=1S/C22H25N7O2/c1-14-11-19(25-20-12-15(2)27-28-20)26-21(18(14)13-23)24-9-10-31-17-7-5-16(6-8-17)22(30)29(3)4/h5-8,11-12H,9-10H2,1-4H3,(H3,24,25,26,27,28). The van der Waals surface area contributed by atoms with Crippen LogP contribution in [-0.2, 0) is 0 Å². The zero-order chi connectivity index (χ0) is 22.4. The van der Waals surface area contributed by atoms with Crippen LogP contribution >= 0.6 is 0 Å². The zero-order valence-electron chi connectivity index (χ0n) is 18.0. The lowest BCUT2D eigenvalue weighted by Gasteiger charge is -2.13. The summed E-state index contributed by atoms with van der Waals surface area (Å²) in [4.78, 5) is 18.0. The van der Waals surface area contributed by atoms with Crippen molar-refractivity contribution in [2.24, 2.45) is 0 Å². The number of carbonyl (C=O) groups excluding carboxylic acids is 1. The third-order valence-electron chi connectivity index (χ3n) is 4.46. The number of carbonyl (C=O) groups is 1. The smallest absolute Gasteiger partial charge is 0.253 e. The Hall–Kier alpha value is -4.06. The molecule has 0 saturated heterocycles. The fraction of sp³-hybridized carbons (Fsp3) is 0.273. The van der Waals surface area contributed by atoms with Crippen LogP contribution in [0.25, 0.3) is 0 Å². The maximum absolute atomic E-state index is 11.9. The fourth-order valence-corrected chi connectivity index (χ4v) is 2.91. The van der Waals surface area contributed by atoms with Crippen LogP contribution in [0, 0.1) is 25.2 Å². The zero-order valence-corrected chi connectivity index (χ0v) is 18.0. The van der Waals surface area contributed by atoms with Crippen LogP contribution in [0.15, 0.2) is 36.4 Å². The maximum Gasteiger partial charge on any atom is 0.253 e. The molecule has 1 amide bonds. The molecule has 0 saturated carbocycles. The van der Waals surface area contributed by atoms with Gasteiger partial charge in [0.25, 0.3) is 5.91 Å². The van der Waals surface area contributed by atoms with Crippen molar-refractivity contribution in [2.75, 3.05) is 37.9 Å². The molecular weight excluding hydrogens is 394 g/mol. The molecule has 0 aliphatic rings. The Bertz CT molecular complexity index is 1100. The number of anilines is 3. The summed E-state index contributed by atoms with van der Waals surface area (Å²) in [6.45, 7) is 4.59. The predicted octanol–water partition coefficient (Wildman–Crippen LogP) is 3.23. The summed E-state index contributed by atoms with van der Waals surface area (Å²) in [5.74, 6) is 2.32. The summed E-state index contributed by atoms with van der Waals surface area (Å²) in [7, 11) is 3.42. The fourth-order valence-electron chi connectivity index (χ4n) is 2.91. The third-order valence-corrected chi connectivity index (χ3v) is 4.46. The number of rotatable bonds is 8. The third kappa shape index (κ3) is 5.51. The van der Waals surface area contributed by atoms with Crippen molar-refractivity contribution in [1.82, 2.24) is 20.1 Å². The first-order valence-electron chi connectivity index (χ1n) is 9.76. The number of pyridine rings is 1. The average Bonchev–Trinajstić information content (AvgIpc) is 3.15. The van der Waals surface area contributed by atoms with Gasteiger partial charge in [0.1, 0.15) is 30.1 Å². The van der Waals surface area contributed by atoms with Gasteiger partial charge in [0, 0.05) is 31.4 Å². The molecule has 0 aliphatic carbocycles. The van der Waals surface area contributed by atoms with Gasteiger partial charge in [-0.15, -0.1) is 0 Å². The van der Waals surface area contributed by atoms with E-state index < -0.39 is 0 Å². The Morgan fingerprint density at radius 3 is 2.55 bits per heavy atom. The molecule has 0 aliphatic heterocycles. The molecule has 9 heteroatoms. The van der Waals surface area contributed by atoms with Crippen LogP contribution in [0.1, 0.15) is 27.2 Å². The van der Waals surface area contributed by atoms with Gasteiger partial charge in [-0.2, -0.15) is 10.4 Å². The summed E-state index contributed by atoms with van der Waals surface area (Å²) < 4.78 is 5.73. The van der Waals surface area contributed by atoms with Crippen LogP contribution in [-0.4, -0.2) is 53.2 Å². The summed E-state index contributed by atoms with van der Waals surface area (Å²) in [6, 6.07) is 12.9. The molecule has 1 aromatic carbocycles. The number of aryl methyl sites for hydroxylation is 2. The van der Waals surface area contributed by atoms with Gasteiger partial charge in [-0.3, -0.25) is 9.89 Å². The minimum Gasteiger partial charge on any atom is -0.492 e. The number of nitrogens with one attached hydrogen (secondary N) is 3. The number of benzene rings is 1. The minimum atomic E-state index is -0.0582. The molecule has 0 atom stereocenters. The molecule has 160 valence electrons. The highest BCUT2D eigenvalue weighted by molar-refractivity contribution is 5.93. The number of amides is 1. The van der Waals surface area contributed by atoms with Crippen molar-refractivity contribution >= 4 is 23.4 Å². The van der Waals surface area contributed by atoms with E-state index in [0.29, 0.717) is 47.5 Å². The number of aromatic nitrogens is 3. The van der Waals surface area contributed by atoms with E-state index in [0.717, 1.165) is 11.3 Å². The van der Waals surface area contributed by atoms with Crippen molar-refractivity contribution in [3.8, 4) is 11.8 Å². The molecule has 31 heavy (non-hydrogen) atoms. The summed E-state index contributed by atoms with van der Waals surface area (Å²) >= 11 is 0. The molecule has 2 aromatic heterocycles. The highest BCUT2D eigenvalue weighted by Gasteiger charge is 2.11. The maximum atomic E-state index is 11.9. The lowest BCUT2D eigenvalue weighted by atomic mass is 10.1. The predicted molar refractivity (Wildman–Crippen MR) is 119 cm³/mol. The van der Waals surface area contributed by atoms with Crippen molar-refractivity contribution in [3.63, 3.8) is 0 Å². The van der Waals surface area contributed by atoms with Gasteiger partial charge in [0.2, 0.25) is 0 Å². The van der Waals surface area contributed by atoms with Crippen LogP contribution in [0.3, 0.4) is 0 Å².